The molecule has 0 bridgehead atoms. The molecule has 2 rings (SSSR count). The molecule has 2 aromatic rings. The van der Waals surface area contributed by atoms with E-state index in [1.165, 1.54) is 0 Å². The van der Waals surface area contributed by atoms with Crippen LogP contribution in [-0.2, 0) is 12.0 Å². The number of hydrogen-bond acceptors (Lipinski definition) is 2. The number of nitrogens with two attached hydrogens (primary N) is 1. The van der Waals surface area contributed by atoms with Gasteiger partial charge in [-0.05, 0) is 48.7 Å². The van der Waals surface area contributed by atoms with Crippen molar-refractivity contribution < 1.29 is 5.11 Å². The summed E-state index contributed by atoms with van der Waals surface area (Å²) in [6, 6.07) is 15.2. The lowest BCUT2D eigenvalue weighted by atomic mass is 9.87. The van der Waals surface area contributed by atoms with Crippen LogP contribution in [0.25, 0.3) is 0 Å². The Bertz CT molecular complexity index is 534. The summed E-state index contributed by atoms with van der Waals surface area (Å²) in [6.07, 6.45) is 0.726. The van der Waals surface area contributed by atoms with Gasteiger partial charge in [-0.1, -0.05) is 40.2 Å². The van der Waals surface area contributed by atoms with Crippen molar-refractivity contribution in [2.75, 3.05) is 0 Å². The molecule has 1 atom stereocenters. The van der Waals surface area contributed by atoms with Crippen LogP contribution in [0.2, 0.25) is 0 Å². The molecule has 2 aromatic carbocycles. The normalized spacial score (nSPS) is 14.2. The van der Waals surface area contributed by atoms with Crippen molar-refractivity contribution in [3.63, 3.8) is 0 Å². The van der Waals surface area contributed by atoms with E-state index in [1.54, 1.807) is 12.1 Å². The zero-order valence-electron chi connectivity index (χ0n) is 10.2. The van der Waals surface area contributed by atoms with Gasteiger partial charge in [0.05, 0.1) is 0 Å². The summed E-state index contributed by atoms with van der Waals surface area (Å²) in [7, 11) is 0. The summed E-state index contributed by atoms with van der Waals surface area (Å²) >= 11 is 3.46. The Morgan fingerprint density at radius 1 is 1.17 bits per heavy atom. The maximum absolute atomic E-state index is 9.27. The molecule has 0 saturated carbocycles. The van der Waals surface area contributed by atoms with Crippen LogP contribution in [0.15, 0.2) is 53.0 Å². The summed E-state index contributed by atoms with van der Waals surface area (Å²) in [5.74, 6) is 0.278. The van der Waals surface area contributed by atoms with Gasteiger partial charge in [0.15, 0.2) is 0 Å². The number of rotatable bonds is 3. The first-order valence-corrected chi connectivity index (χ1v) is 6.59. The summed E-state index contributed by atoms with van der Waals surface area (Å²) in [4.78, 5) is 0. The predicted octanol–water partition coefficient (Wildman–Crippen LogP) is 3.57. The molecule has 18 heavy (non-hydrogen) atoms. The lowest BCUT2D eigenvalue weighted by Gasteiger charge is -2.25. The first-order chi connectivity index (χ1) is 8.47. The molecule has 0 aromatic heterocycles. The fourth-order valence-electron chi connectivity index (χ4n) is 1.98. The SMILES string of the molecule is CC(N)(Cc1ccc(O)cc1)c1cccc(Br)c1. The van der Waals surface area contributed by atoms with Crippen molar-refractivity contribution in [1.82, 2.24) is 0 Å². The highest BCUT2D eigenvalue weighted by atomic mass is 79.9. The average molecular weight is 306 g/mol. The molecular formula is C15H16BrNO. The average Bonchev–Trinajstić information content (AvgIpc) is 2.32. The van der Waals surface area contributed by atoms with Crippen LogP contribution >= 0.6 is 15.9 Å². The molecule has 0 amide bonds. The van der Waals surface area contributed by atoms with Crippen LogP contribution < -0.4 is 5.73 Å². The van der Waals surface area contributed by atoms with E-state index in [4.69, 9.17) is 5.73 Å². The quantitative estimate of drug-likeness (QED) is 0.910. The third-order valence-electron chi connectivity index (χ3n) is 2.99. The van der Waals surface area contributed by atoms with Crippen molar-refractivity contribution in [2.45, 2.75) is 18.9 Å². The van der Waals surface area contributed by atoms with Gasteiger partial charge in [0, 0.05) is 10.0 Å². The number of hydrogen-bond donors (Lipinski definition) is 2. The Balaban J connectivity index is 2.23. The fraction of sp³-hybridized carbons (Fsp3) is 0.200. The van der Waals surface area contributed by atoms with Crippen LogP contribution in [0.4, 0.5) is 0 Å². The molecule has 3 N–H and O–H groups in total. The van der Waals surface area contributed by atoms with Crippen molar-refractivity contribution in [3.8, 4) is 5.75 Å². The Morgan fingerprint density at radius 3 is 2.44 bits per heavy atom. The zero-order chi connectivity index (χ0) is 13.2. The lowest BCUT2D eigenvalue weighted by Crippen LogP contribution is -2.35. The van der Waals surface area contributed by atoms with E-state index in [0.717, 1.165) is 22.0 Å². The van der Waals surface area contributed by atoms with E-state index in [1.807, 2.05) is 43.3 Å². The van der Waals surface area contributed by atoms with Gasteiger partial charge >= 0.3 is 0 Å². The van der Waals surface area contributed by atoms with Crippen LogP contribution in [0.1, 0.15) is 18.1 Å². The van der Waals surface area contributed by atoms with E-state index in [-0.39, 0.29) is 5.75 Å². The van der Waals surface area contributed by atoms with E-state index >= 15 is 0 Å². The van der Waals surface area contributed by atoms with Gasteiger partial charge < -0.3 is 10.8 Å². The first-order valence-electron chi connectivity index (χ1n) is 5.80. The molecule has 0 fully saturated rings. The summed E-state index contributed by atoms with van der Waals surface area (Å²) in [5, 5.41) is 9.27. The van der Waals surface area contributed by atoms with Gasteiger partial charge in [0.2, 0.25) is 0 Å². The van der Waals surface area contributed by atoms with Gasteiger partial charge in [-0.15, -0.1) is 0 Å². The van der Waals surface area contributed by atoms with E-state index < -0.39 is 5.54 Å². The molecule has 0 saturated heterocycles. The Labute approximate surface area is 116 Å². The Kier molecular flexibility index (Phi) is 3.73. The smallest absolute Gasteiger partial charge is 0.115 e. The van der Waals surface area contributed by atoms with Gasteiger partial charge in [0.25, 0.3) is 0 Å². The molecule has 0 spiro atoms. The minimum Gasteiger partial charge on any atom is -0.508 e. The largest absolute Gasteiger partial charge is 0.508 e. The monoisotopic (exact) mass is 305 g/mol. The number of halogens is 1. The molecule has 0 aliphatic heterocycles. The van der Waals surface area contributed by atoms with Gasteiger partial charge in [-0.3, -0.25) is 0 Å². The number of phenolic OH excluding ortho intramolecular Hbond substituents is 1. The van der Waals surface area contributed by atoms with Crippen LogP contribution in [0.3, 0.4) is 0 Å². The number of benzene rings is 2. The molecular weight excluding hydrogens is 290 g/mol. The highest BCUT2D eigenvalue weighted by molar-refractivity contribution is 9.10. The molecule has 2 nitrogen and oxygen atoms in total. The second-order valence-corrected chi connectivity index (χ2v) is 5.69. The lowest BCUT2D eigenvalue weighted by molar-refractivity contribution is 0.472. The second-order valence-electron chi connectivity index (χ2n) is 4.77. The van der Waals surface area contributed by atoms with Crippen LogP contribution in [-0.4, -0.2) is 5.11 Å². The summed E-state index contributed by atoms with van der Waals surface area (Å²) in [6.45, 7) is 2.02. The van der Waals surface area contributed by atoms with Crippen LogP contribution in [0, 0.1) is 0 Å². The molecule has 1 unspecified atom stereocenters. The Hall–Kier alpha value is -1.32. The van der Waals surface area contributed by atoms with E-state index in [0.29, 0.717) is 0 Å². The maximum Gasteiger partial charge on any atom is 0.115 e. The Morgan fingerprint density at radius 2 is 1.83 bits per heavy atom. The van der Waals surface area contributed by atoms with Crippen molar-refractivity contribution in [1.29, 1.82) is 0 Å². The molecule has 3 heteroatoms. The first kappa shape index (κ1) is 13.1. The molecule has 0 aliphatic carbocycles. The van der Waals surface area contributed by atoms with Crippen molar-refractivity contribution in [2.24, 2.45) is 5.73 Å². The second kappa shape index (κ2) is 5.12. The minimum absolute atomic E-state index is 0.278. The van der Waals surface area contributed by atoms with Crippen LogP contribution in [0.5, 0.6) is 5.75 Å². The highest BCUT2D eigenvalue weighted by Crippen LogP contribution is 2.25. The topological polar surface area (TPSA) is 46.2 Å². The van der Waals surface area contributed by atoms with Crippen molar-refractivity contribution >= 4 is 15.9 Å². The molecule has 0 aliphatic rings. The minimum atomic E-state index is -0.430. The summed E-state index contributed by atoms with van der Waals surface area (Å²) in [5.41, 5.74) is 8.16. The number of phenols is 1. The molecule has 0 heterocycles. The van der Waals surface area contributed by atoms with Gasteiger partial charge in [0.1, 0.15) is 5.75 Å². The third kappa shape index (κ3) is 3.12. The highest BCUT2D eigenvalue weighted by Gasteiger charge is 2.21. The standard InChI is InChI=1S/C15H16BrNO/c1-15(17,12-3-2-4-13(16)9-12)10-11-5-7-14(18)8-6-11/h2-9,18H,10,17H2,1H3. The van der Waals surface area contributed by atoms with Gasteiger partial charge in [-0.2, -0.15) is 0 Å². The van der Waals surface area contributed by atoms with Gasteiger partial charge in [-0.25, -0.2) is 0 Å². The summed E-state index contributed by atoms with van der Waals surface area (Å²) < 4.78 is 1.03. The predicted molar refractivity (Wildman–Crippen MR) is 77.5 cm³/mol. The molecule has 0 radical (unpaired) electrons. The number of aromatic hydroxyl groups is 1. The zero-order valence-corrected chi connectivity index (χ0v) is 11.8. The third-order valence-corrected chi connectivity index (χ3v) is 3.49. The van der Waals surface area contributed by atoms with E-state index in [2.05, 4.69) is 15.9 Å². The van der Waals surface area contributed by atoms with Crippen molar-refractivity contribution in [3.05, 3.63) is 64.1 Å². The van der Waals surface area contributed by atoms with E-state index in [9.17, 15) is 5.11 Å². The maximum atomic E-state index is 9.27. The fourth-order valence-corrected chi connectivity index (χ4v) is 2.38. The molecule has 94 valence electrons.